The second-order valence-electron chi connectivity index (χ2n) is 4.66. The Bertz CT molecular complexity index is 611. The van der Waals surface area contributed by atoms with Gasteiger partial charge in [0, 0.05) is 18.1 Å². The molecule has 0 saturated carbocycles. The van der Waals surface area contributed by atoms with Gasteiger partial charge in [0.05, 0.1) is 7.11 Å². The molecule has 1 atom stereocenters. The van der Waals surface area contributed by atoms with Crippen LogP contribution in [0.25, 0.3) is 0 Å². The van der Waals surface area contributed by atoms with E-state index in [9.17, 15) is 19.5 Å². The van der Waals surface area contributed by atoms with Gasteiger partial charge in [-0.3, -0.25) is 4.79 Å². The van der Waals surface area contributed by atoms with Gasteiger partial charge in [-0.15, -0.1) is 0 Å². The Balaban J connectivity index is 2.78. The Kier molecular flexibility index (Phi) is 5.90. The van der Waals surface area contributed by atoms with E-state index in [0.29, 0.717) is 18.6 Å². The Morgan fingerprint density at radius 1 is 1.48 bits per heavy atom. The molecule has 0 aliphatic heterocycles. The predicted octanol–water partition coefficient (Wildman–Crippen LogP) is 2.16. The zero-order valence-electron chi connectivity index (χ0n) is 12.2. The number of hydrogen-bond acceptors (Lipinski definition) is 6. The second-order valence-corrected chi connectivity index (χ2v) is 4.66. The molecule has 6 nitrogen and oxygen atoms in total. The van der Waals surface area contributed by atoms with Crippen LogP contribution in [0.4, 0.5) is 0 Å². The number of carbonyl (C=O) groups excluding carboxylic acids is 2. The summed E-state index contributed by atoms with van der Waals surface area (Å²) in [6.07, 6.45) is 4.16. The van der Waals surface area contributed by atoms with Gasteiger partial charge in [0.2, 0.25) is 0 Å². The van der Waals surface area contributed by atoms with Crippen LogP contribution in [0.2, 0.25) is 0 Å². The van der Waals surface area contributed by atoms with Crippen LogP contribution in [-0.2, 0) is 9.53 Å². The van der Waals surface area contributed by atoms with Crippen LogP contribution in [-0.4, -0.2) is 24.0 Å². The third-order valence-corrected chi connectivity index (χ3v) is 3.01. The van der Waals surface area contributed by atoms with Crippen molar-refractivity contribution >= 4 is 11.8 Å². The van der Waals surface area contributed by atoms with Crippen molar-refractivity contribution in [1.82, 2.24) is 0 Å². The van der Waals surface area contributed by atoms with Crippen LogP contribution >= 0.6 is 0 Å². The lowest BCUT2D eigenvalue weighted by Crippen LogP contribution is -2.13. The molecule has 1 heterocycles. The van der Waals surface area contributed by atoms with Crippen LogP contribution in [0.3, 0.4) is 0 Å². The first-order chi connectivity index (χ1) is 9.86. The van der Waals surface area contributed by atoms with E-state index in [1.807, 2.05) is 6.92 Å². The second kappa shape index (κ2) is 7.42. The van der Waals surface area contributed by atoms with Crippen LogP contribution in [0.15, 0.2) is 27.4 Å². The van der Waals surface area contributed by atoms with Crippen LogP contribution < -0.4 is 5.63 Å². The number of aromatic hydroxyl groups is 1. The standard InChI is InChI=1S/C15H18O6/c1-9(6-4-5-7-13(18)20-3)12-8-11(17)14(10(2)16)15(19)21-12/h5,7-9,17H,4,6H2,1-3H3/b7-5+. The molecule has 0 bridgehead atoms. The van der Waals surface area contributed by atoms with Crippen LogP contribution in [0, 0.1) is 0 Å². The molecule has 0 spiro atoms. The summed E-state index contributed by atoms with van der Waals surface area (Å²) >= 11 is 0. The fraction of sp³-hybridized carbons (Fsp3) is 0.400. The number of allylic oxidation sites excluding steroid dienone is 1. The molecule has 114 valence electrons. The van der Waals surface area contributed by atoms with E-state index in [0.717, 1.165) is 0 Å². The summed E-state index contributed by atoms with van der Waals surface area (Å²) in [7, 11) is 1.29. The molecule has 0 aromatic carbocycles. The topological polar surface area (TPSA) is 93.8 Å². The summed E-state index contributed by atoms with van der Waals surface area (Å²) in [5, 5.41) is 9.71. The lowest BCUT2D eigenvalue weighted by molar-refractivity contribution is -0.134. The Labute approximate surface area is 122 Å². The van der Waals surface area contributed by atoms with Crippen molar-refractivity contribution in [3.8, 4) is 5.75 Å². The molecule has 0 radical (unpaired) electrons. The van der Waals surface area contributed by atoms with Crippen LogP contribution in [0.5, 0.6) is 5.75 Å². The molecule has 21 heavy (non-hydrogen) atoms. The first-order valence-electron chi connectivity index (χ1n) is 6.49. The van der Waals surface area contributed by atoms with Crippen molar-refractivity contribution in [2.24, 2.45) is 0 Å². The number of ketones is 1. The molecule has 6 heteroatoms. The highest BCUT2D eigenvalue weighted by molar-refractivity contribution is 5.96. The Morgan fingerprint density at radius 3 is 2.67 bits per heavy atom. The number of rotatable bonds is 6. The van der Waals surface area contributed by atoms with Gasteiger partial charge >= 0.3 is 11.6 Å². The van der Waals surface area contributed by atoms with E-state index < -0.39 is 17.4 Å². The molecular formula is C15H18O6. The molecule has 1 unspecified atom stereocenters. The van der Waals surface area contributed by atoms with Gasteiger partial charge < -0.3 is 14.3 Å². The largest absolute Gasteiger partial charge is 0.507 e. The Hall–Kier alpha value is -2.37. The zero-order valence-corrected chi connectivity index (χ0v) is 12.2. The van der Waals surface area contributed by atoms with Gasteiger partial charge in [-0.05, 0) is 19.8 Å². The predicted molar refractivity (Wildman–Crippen MR) is 75.5 cm³/mol. The van der Waals surface area contributed by atoms with E-state index in [1.165, 1.54) is 26.2 Å². The number of methoxy groups -OCH3 is 1. The van der Waals surface area contributed by atoms with Crippen molar-refractivity contribution in [3.05, 3.63) is 40.0 Å². The van der Waals surface area contributed by atoms with Crippen molar-refractivity contribution in [2.75, 3.05) is 7.11 Å². The van der Waals surface area contributed by atoms with Gasteiger partial charge in [-0.1, -0.05) is 13.0 Å². The highest BCUT2D eigenvalue weighted by Crippen LogP contribution is 2.24. The summed E-state index contributed by atoms with van der Waals surface area (Å²) in [6, 6.07) is 1.28. The summed E-state index contributed by atoms with van der Waals surface area (Å²) in [6.45, 7) is 3.00. The molecule has 1 aromatic rings. The van der Waals surface area contributed by atoms with E-state index in [4.69, 9.17) is 4.42 Å². The number of esters is 1. The highest BCUT2D eigenvalue weighted by Gasteiger charge is 2.17. The molecule has 0 aliphatic carbocycles. The number of carbonyl (C=O) groups is 2. The number of ether oxygens (including phenoxy) is 1. The lowest BCUT2D eigenvalue weighted by Gasteiger charge is -2.10. The fourth-order valence-electron chi connectivity index (χ4n) is 1.80. The summed E-state index contributed by atoms with van der Waals surface area (Å²) in [5.41, 5.74) is -1.18. The van der Waals surface area contributed by atoms with Gasteiger partial charge in [-0.25, -0.2) is 9.59 Å². The molecule has 0 aliphatic rings. The van der Waals surface area contributed by atoms with E-state index in [2.05, 4.69) is 4.74 Å². The quantitative estimate of drug-likeness (QED) is 0.491. The zero-order chi connectivity index (χ0) is 16.0. The van der Waals surface area contributed by atoms with E-state index in [-0.39, 0.29) is 17.2 Å². The highest BCUT2D eigenvalue weighted by atomic mass is 16.5. The Morgan fingerprint density at radius 2 is 2.14 bits per heavy atom. The average molecular weight is 294 g/mol. The van der Waals surface area contributed by atoms with Gasteiger partial charge in [0.25, 0.3) is 0 Å². The number of hydrogen-bond donors (Lipinski definition) is 1. The van der Waals surface area contributed by atoms with E-state index >= 15 is 0 Å². The minimum Gasteiger partial charge on any atom is -0.507 e. The third-order valence-electron chi connectivity index (χ3n) is 3.01. The lowest BCUT2D eigenvalue weighted by atomic mass is 10.0. The molecule has 0 fully saturated rings. The summed E-state index contributed by atoms with van der Waals surface area (Å²) in [4.78, 5) is 33.7. The molecular weight excluding hydrogens is 276 g/mol. The average Bonchev–Trinajstić information content (AvgIpc) is 2.41. The maximum Gasteiger partial charge on any atom is 0.350 e. The first-order valence-corrected chi connectivity index (χ1v) is 6.49. The van der Waals surface area contributed by atoms with Crippen molar-refractivity contribution in [3.63, 3.8) is 0 Å². The minimum atomic E-state index is -0.838. The summed E-state index contributed by atoms with van der Waals surface area (Å²) < 4.78 is 9.52. The maximum atomic E-state index is 11.6. The molecule has 0 saturated heterocycles. The van der Waals surface area contributed by atoms with Gasteiger partial charge in [0.15, 0.2) is 5.78 Å². The molecule has 1 rings (SSSR count). The van der Waals surface area contributed by atoms with Gasteiger partial charge in [0.1, 0.15) is 17.1 Å². The molecule has 0 amide bonds. The van der Waals surface area contributed by atoms with Crippen molar-refractivity contribution < 1.29 is 23.8 Å². The normalized spacial score (nSPS) is 12.3. The summed E-state index contributed by atoms with van der Waals surface area (Å²) in [5.74, 6) is -1.19. The van der Waals surface area contributed by atoms with Gasteiger partial charge in [-0.2, -0.15) is 0 Å². The SMILES string of the molecule is COC(=O)/C=C/CCC(C)c1cc(O)c(C(C)=O)c(=O)o1. The minimum absolute atomic E-state index is 0.146. The van der Waals surface area contributed by atoms with Crippen molar-refractivity contribution in [2.45, 2.75) is 32.6 Å². The molecule has 1 aromatic heterocycles. The smallest absolute Gasteiger partial charge is 0.350 e. The first kappa shape index (κ1) is 16.7. The number of Topliss-reactive ketones (excluding diaryl/α,β-unsaturated/α-hetero) is 1. The third kappa shape index (κ3) is 4.59. The van der Waals surface area contributed by atoms with E-state index in [1.54, 1.807) is 6.08 Å². The fourth-order valence-corrected chi connectivity index (χ4v) is 1.80. The van der Waals surface area contributed by atoms with Crippen LogP contribution in [0.1, 0.15) is 48.7 Å². The molecule has 1 N–H and O–H groups in total. The van der Waals surface area contributed by atoms with Crippen molar-refractivity contribution in [1.29, 1.82) is 0 Å². The monoisotopic (exact) mass is 294 g/mol. The maximum absolute atomic E-state index is 11.6.